The maximum absolute atomic E-state index is 12.9. The van der Waals surface area contributed by atoms with Crippen molar-refractivity contribution in [2.45, 2.75) is 43.7 Å². The smallest absolute Gasteiger partial charge is 0.262 e. The SMILES string of the molecule is CC(=O)N1CCCN(S(=O)(=O)c2cn(C)cn2)CCNC(=O)C2CCCC21. The van der Waals surface area contributed by atoms with Crippen molar-refractivity contribution in [3.05, 3.63) is 12.5 Å². The molecule has 2 fully saturated rings. The summed E-state index contributed by atoms with van der Waals surface area (Å²) in [6.07, 6.45) is 5.92. The molecule has 0 spiro atoms. The van der Waals surface area contributed by atoms with Crippen molar-refractivity contribution in [1.82, 2.24) is 24.1 Å². The van der Waals surface area contributed by atoms with Gasteiger partial charge in [-0.2, -0.15) is 4.31 Å². The summed E-state index contributed by atoms with van der Waals surface area (Å²) in [4.78, 5) is 30.4. The monoisotopic (exact) mass is 397 g/mol. The van der Waals surface area contributed by atoms with Gasteiger partial charge in [0.1, 0.15) is 0 Å². The average Bonchev–Trinajstić information content (AvgIpc) is 3.24. The van der Waals surface area contributed by atoms with Crippen molar-refractivity contribution in [2.24, 2.45) is 13.0 Å². The molecule has 0 aromatic carbocycles. The van der Waals surface area contributed by atoms with Gasteiger partial charge in [0.2, 0.25) is 11.8 Å². The highest BCUT2D eigenvalue weighted by atomic mass is 32.2. The molecule has 0 bridgehead atoms. The Morgan fingerprint density at radius 3 is 2.67 bits per heavy atom. The average molecular weight is 398 g/mol. The zero-order chi connectivity index (χ0) is 19.6. The van der Waals surface area contributed by atoms with Crippen LogP contribution in [0.25, 0.3) is 0 Å². The van der Waals surface area contributed by atoms with Gasteiger partial charge in [0.25, 0.3) is 10.0 Å². The number of hydrogen-bond donors (Lipinski definition) is 1. The van der Waals surface area contributed by atoms with Crippen molar-refractivity contribution in [2.75, 3.05) is 26.2 Å². The molecule has 1 saturated heterocycles. The Balaban J connectivity index is 1.82. The van der Waals surface area contributed by atoms with Crippen LogP contribution in [-0.2, 0) is 26.7 Å². The number of imidazole rings is 1. The lowest BCUT2D eigenvalue weighted by molar-refractivity contribution is -0.134. The summed E-state index contributed by atoms with van der Waals surface area (Å²) >= 11 is 0. The minimum Gasteiger partial charge on any atom is -0.354 e. The zero-order valence-electron chi connectivity index (χ0n) is 15.8. The van der Waals surface area contributed by atoms with Gasteiger partial charge in [-0.05, 0) is 19.3 Å². The Labute approximate surface area is 159 Å². The van der Waals surface area contributed by atoms with E-state index in [0.29, 0.717) is 13.0 Å². The van der Waals surface area contributed by atoms with E-state index in [1.165, 1.54) is 23.8 Å². The Hall–Kier alpha value is -1.94. The normalized spacial score (nSPS) is 25.6. The van der Waals surface area contributed by atoms with Gasteiger partial charge < -0.3 is 14.8 Å². The van der Waals surface area contributed by atoms with Crippen LogP contribution in [0, 0.1) is 5.92 Å². The lowest BCUT2D eigenvalue weighted by Crippen LogP contribution is -2.46. The van der Waals surface area contributed by atoms with Crippen LogP contribution in [0.5, 0.6) is 0 Å². The van der Waals surface area contributed by atoms with E-state index in [1.54, 1.807) is 16.5 Å². The van der Waals surface area contributed by atoms with Crippen LogP contribution in [0.2, 0.25) is 0 Å². The number of aromatic nitrogens is 2. The minimum atomic E-state index is -3.75. The van der Waals surface area contributed by atoms with Gasteiger partial charge in [0, 0.05) is 52.4 Å². The molecule has 1 aliphatic heterocycles. The van der Waals surface area contributed by atoms with Gasteiger partial charge >= 0.3 is 0 Å². The Morgan fingerprint density at radius 2 is 2.00 bits per heavy atom. The summed E-state index contributed by atoms with van der Waals surface area (Å²) in [5.41, 5.74) is 0. The second-order valence-electron chi connectivity index (χ2n) is 7.24. The second-order valence-corrected chi connectivity index (χ2v) is 9.13. The first-order valence-corrected chi connectivity index (χ1v) is 10.8. The van der Waals surface area contributed by atoms with Gasteiger partial charge in [0.15, 0.2) is 5.03 Å². The molecule has 1 aromatic rings. The molecule has 1 aromatic heterocycles. The standard InChI is InChI=1S/C17H27N5O4S/c1-13(23)22-9-4-8-21(27(25,26)16-11-20(2)12-19-16)10-7-18-17(24)14-5-3-6-15(14)22/h11-12,14-15H,3-10H2,1-2H3,(H,18,24). The number of nitrogens with one attached hydrogen (secondary N) is 1. The molecule has 2 unspecified atom stereocenters. The van der Waals surface area contributed by atoms with Crippen molar-refractivity contribution < 1.29 is 18.0 Å². The highest BCUT2D eigenvalue weighted by Crippen LogP contribution is 2.31. The first kappa shape index (κ1) is 19.8. The summed E-state index contributed by atoms with van der Waals surface area (Å²) in [7, 11) is -2.04. The van der Waals surface area contributed by atoms with E-state index in [1.807, 2.05) is 0 Å². The van der Waals surface area contributed by atoms with E-state index in [9.17, 15) is 18.0 Å². The highest BCUT2D eigenvalue weighted by Gasteiger charge is 2.38. The van der Waals surface area contributed by atoms with Crippen molar-refractivity contribution in [3.63, 3.8) is 0 Å². The molecule has 2 amide bonds. The number of carbonyl (C=O) groups excluding carboxylic acids is 2. The summed E-state index contributed by atoms with van der Waals surface area (Å²) < 4.78 is 28.7. The predicted molar refractivity (Wildman–Crippen MR) is 98.1 cm³/mol. The minimum absolute atomic E-state index is 0.00788. The van der Waals surface area contributed by atoms with Crippen LogP contribution in [0.15, 0.2) is 17.6 Å². The number of aryl methyl sites for hydroxylation is 1. The van der Waals surface area contributed by atoms with E-state index < -0.39 is 10.0 Å². The number of sulfonamides is 1. The molecule has 0 radical (unpaired) electrons. The number of amides is 2. The second kappa shape index (κ2) is 7.97. The lowest BCUT2D eigenvalue weighted by atomic mass is 10.0. The molecule has 2 heterocycles. The van der Waals surface area contributed by atoms with Crippen LogP contribution in [-0.4, -0.2) is 71.2 Å². The van der Waals surface area contributed by atoms with Crippen molar-refractivity contribution in [1.29, 1.82) is 0 Å². The van der Waals surface area contributed by atoms with Crippen LogP contribution >= 0.6 is 0 Å². The van der Waals surface area contributed by atoms with E-state index in [-0.39, 0.29) is 48.4 Å². The first-order chi connectivity index (χ1) is 12.8. The molecule has 1 saturated carbocycles. The fourth-order valence-corrected chi connectivity index (χ4v) is 5.48. The number of nitrogens with zero attached hydrogens (tertiary/aromatic N) is 4. The van der Waals surface area contributed by atoms with Gasteiger partial charge in [-0.3, -0.25) is 9.59 Å². The molecule has 1 N–H and O–H groups in total. The lowest BCUT2D eigenvalue weighted by Gasteiger charge is -2.31. The third-order valence-corrected chi connectivity index (χ3v) is 7.16. The van der Waals surface area contributed by atoms with Crippen LogP contribution in [0.1, 0.15) is 32.6 Å². The summed E-state index contributed by atoms with van der Waals surface area (Å²) in [6, 6.07) is -0.0959. The fraction of sp³-hybridized carbons (Fsp3) is 0.706. The van der Waals surface area contributed by atoms with Gasteiger partial charge in [-0.15, -0.1) is 0 Å². The van der Waals surface area contributed by atoms with Gasteiger partial charge in [0.05, 0.1) is 12.2 Å². The van der Waals surface area contributed by atoms with Gasteiger partial charge in [-0.1, -0.05) is 6.42 Å². The molecule has 1 aliphatic carbocycles. The molecular weight excluding hydrogens is 370 g/mol. The third kappa shape index (κ3) is 4.16. The maximum atomic E-state index is 12.9. The summed E-state index contributed by atoms with van der Waals surface area (Å²) in [5.74, 6) is -0.383. The van der Waals surface area contributed by atoms with Gasteiger partial charge in [-0.25, -0.2) is 13.4 Å². The Bertz CT molecular complexity index is 806. The largest absolute Gasteiger partial charge is 0.354 e. The predicted octanol–water partition coefficient (Wildman–Crippen LogP) is -0.0521. The maximum Gasteiger partial charge on any atom is 0.262 e. The first-order valence-electron chi connectivity index (χ1n) is 9.33. The van der Waals surface area contributed by atoms with E-state index >= 15 is 0 Å². The quantitative estimate of drug-likeness (QED) is 0.753. The molecule has 2 aliphatic rings. The number of hydrogen-bond acceptors (Lipinski definition) is 5. The van der Waals surface area contributed by atoms with Crippen LogP contribution in [0.3, 0.4) is 0 Å². The molecule has 2 atom stereocenters. The number of fused-ring (bicyclic) bond motifs is 1. The van der Waals surface area contributed by atoms with Crippen LogP contribution in [0.4, 0.5) is 0 Å². The molecular formula is C17H27N5O4S. The number of rotatable bonds is 2. The van der Waals surface area contributed by atoms with E-state index in [2.05, 4.69) is 10.3 Å². The van der Waals surface area contributed by atoms with E-state index in [0.717, 1.165) is 19.3 Å². The van der Waals surface area contributed by atoms with Crippen LogP contribution < -0.4 is 5.32 Å². The topological polar surface area (TPSA) is 105 Å². The molecule has 27 heavy (non-hydrogen) atoms. The van der Waals surface area contributed by atoms with E-state index in [4.69, 9.17) is 0 Å². The Kier molecular flexibility index (Phi) is 5.85. The molecule has 10 heteroatoms. The molecule has 3 rings (SSSR count). The highest BCUT2D eigenvalue weighted by molar-refractivity contribution is 7.89. The third-order valence-electron chi connectivity index (χ3n) is 5.37. The summed E-state index contributed by atoms with van der Waals surface area (Å²) in [5, 5.41) is 2.85. The fourth-order valence-electron chi connectivity index (χ4n) is 4.03. The molecule has 9 nitrogen and oxygen atoms in total. The Morgan fingerprint density at radius 1 is 1.22 bits per heavy atom. The van der Waals surface area contributed by atoms with Crippen molar-refractivity contribution in [3.8, 4) is 0 Å². The molecule has 150 valence electrons. The number of carbonyl (C=O) groups is 2. The van der Waals surface area contributed by atoms with Crippen molar-refractivity contribution >= 4 is 21.8 Å². The summed E-state index contributed by atoms with van der Waals surface area (Å²) in [6.45, 7) is 2.65. The zero-order valence-corrected chi connectivity index (χ0v) is 16.6.